The first kappa shape index (κ1) is 13.3. The maximum Gasteiger partial charge on any atom is 0.0376 e. The first-order valence-electron chi connectivity index (χ1n) is 7.33. The van der Waals surface area contributed by atoms with Gasteiger partial charge in [0.2, 0.25) is 0 Å². The SMILES string of the molecule is CC1(C)CCN(CC2CNc3ccccc32)CCS1. The molecule has 1 N–H and O–H groups in total. The fourth-order valence-corrected chi connectivity index (χ4v) is 4.21. The quantitative estimate of drug-likeness (QED) is 0.891. The summed E-state index contributed by atoms with van der Waals surface area (Å²) in [5.74, 6) is 1.94. The average Bonchev–Trinajstić information content (AvgIpc) is 2.70. The number of nitrogens with zero attached hydrogens (tertiary/aromatic N) is 1. The topological polar surface area (TPSA) is 15.3 Å². The van der Waals surface area contributed by atoms with Crippen LogP contribution in [-0.2, 0) is 0 Å². The van der Waals surface area contributed by atoms with E-state index < -0.39 is 0 Å². The molecule has 1 aromatic rings. The van der Waals surface area contributed by atoms with Crippen LogP contribution in [0.1, 0.15) is 31.7 Å². The Balaban J connectivity index is 1.64. The molecule has 1 unspecified atom stereocenters. The van der Waals surface area contributed by atoms with Crippen LogP contribution in [0.2, 0.25) is 0 Å². The molecule has 3 heteroatoms. The number of benzene rings is 1. The normalized spacial score (nSPS) is 26.5. The van der Waals surface area contributed by atoms with Crippen LogP contribution in [0.5, 0.6) is 0 Å². The molecule has 0 spiro atoms. The lowest BCUT2D eigenvalue weighted by Crippen LogP contribution is -2.32. The van der Waals surface area contributed by atoms with E-state index in [0.717, 1.165) is 6.54 Å². The monoisotopic (exact) mass is 276 g/mol. The molecule has 0 bridgehead atoms. The highest BCUT2D eigenvalue weighted by Gasteiger charge is 2.27. The summed E-state index contributed by atoms with van der Waals surface area (Å²) in [6.45, 7) is 9.57. The standard InChI is InChI=1S/C16H24N2S/c1-16(2)7-8-18(9-10-19-16)12-13-11-17-15-6-4-3-5-14(13)15/h3-6,13,17H,7-12H2,1-2H3. The predicted molar refractivity (Wildman–Crippen MR) is 85.3 cm³/mol. The Morgan fingerprint density at radius 2 is 2.16 bits per heavy atom. The molecule has 0 amide bonds. The van der Waals surface area contributed by atoms with E-state index in [1.54, 1.807) is 0 Å². The van der Waals surface area contributed by atoms with Crippen LogP contribution in [0.15, 0.2) is 24.3 Å². The Kier molecular flexibility index (Phi) is 3.77. The van der Waals surface area contributed by atoms with Gasteiger partial charge in [0, 0.05) is 41.7 Å². The molecule has 2 heterocycles. The van der Waals surface area contributed by atoms with Gasteiger partial charge in [-0.25, -0.2) is 0 Å². The minimum absolute atomic E-state index is 0.459. The Morgan fingerprint density at radius 1 is 1.32 bits per heavy atom. The average molecular weight is 276 g/mol. The number of rotatable bonds is 2. The fraction of sp³-hybridized carbons (Fsp3) is 0.625. The summed E-state index contributed by atoms with van der Waals surface area (Å²) in [5, 5.41) is 3.54. The zero-order valence-electron chi connectivity index (χ0n) is 12.0. The Hall–Kier alpha value is -0.670. The van der Waals surface area contributed by atoms with E-state index in [1.165, 1.54) is 43.1 Å². The molecule has 1 aromatic carbocycles. The van der Waals surface area contributed by atoms with Gasteiger partial charge in [-0.15, -0.1) is 0 Å². The maximum atomic E-state index is 3.54. The molecular formula is C16H24N2S. The second-order valence-corrected chi connectivity index (χ2v) is 8.13. The summed E-state index contributed by atoms with van der Waals surface area (Å²) in [4.78, 5) is 2.66. The Bertz CT molecular complexity index is 444. The third kappa shape index (κ3) is 3.09. The van der Waals surface area contributed by atoms with Gasteiger partial charge in [0.25, 0.3) is 0 Å². The third-order valence-electron chi connectivity index (χ3n) is 4.35. The second-order valence-electron chi connectivity index (χ2n) is 6.32. The van der Waals surface area contributed by atoms with Crippen LogP contribution in [0.3, 0.4) is 0 Å². The molecule has 2 nitrogen and oxygen atoms in total. The number of fused-ring (bicyclic) bond motifs is 1. The molecule has 2 aliphatic heterocycles. The number of nitrogens with one attached hydrogen (secondary N) is 1. The van der Waals surface area contributed by atoms with Gasteiger partial charge in [0.05, 0.1) is 0 Å². The lowest BCUT2D eigenvalue weighted by atomic mass is 10.0. The largest absolute Gasteiger partial charge is 0.384 e. The van der Waals surface area contributed by atoms with E-state index in [2.05, 4.69) is 60.1 Å². The molecular weight excluding hydrogens is 252 g/mol. The molecule has 0 saturated carbocycles. The van der Waals surface area contributed by atoms with Crippen LogP contribution in [0.4, 0.5) is 5.69 Å². The van der Waals surface area contributed by atoms with Crippen molar-refractivity contribution in [2.24, 2.45) is 0 Å². The van der Waals surface area contributed by atoms with Crippen molar-refractivity contribution in [2.45, 2.75) is 30.9 Å². The molecule has 3 rings (SSSR count). The predicted octanol–water partition coefficient (Wildman–Crippen LogP) is 3.41. The van der Waals surface area contributed by atoms with Crippen molar-refractivity contribution >= 4 is 17.4 Å². The van der Waals surface area contributed by atoms with Gasteiger partial charge < -0.3 is 10.2 Å². The molecule has 1 saturated heterocycles. The van der Waals surface area contributed by atoms with Crippen LogP contribution < -0.4 is 5.32 Å². The summed E-state index contributed by atoms with van der Waals surface area (Å²) in [5.41, 5.74) is 2.86. The molecule has 0 radical (unpaired) electrons. The highest BCUT2D eigenvalue weighted by atomic mass is 32.2. The van der Waals surface area contributed by atoms with Crippen LogP contribution in [0, 0.1) is 0 Å². The van der Waals surface area contributed by atoms with Crippen molar-refractivity contribution in [2.75, 3.05) is 37.2 Å². The second kappa shape index (κ2) is 5.37. The maximum absolute atomic E-state index is 3.54. The van der Waals surface area contributed by atoms with E-state index in [-0.39, 0.29) is 0 Å². The molecule has 1 fully saturated rings. The van der Waals surface area contributed by atoms with Crippen molar-refractivity contribution in [1.82, 2.24) is 4.90 Å². The van der Waals surface area contributed by atoms with E-state index in [1.807, 2.05) is 0 Å². The minimum Gasteiger partial charge on any atom is -0.384 e. The zero-order chi connectivity index (χ0) is 13.3. The lowest BCUT2D eigenvalue weighted by molar-refractivity contribution is 0.271. The first-order chi connectivity index (χ1) is 9.14. The van der Waals surface area contributed by atoms with Crippen LogP contribution >= 0.6 is 11.8 Å². The smallest absolute Gasteiger partial charge is 0.0376 e. The molecule has 0 aliphatic carbocycles. The fourth-order valence-electron chi connectivity index (χ4n) is 3.08. The van der Waals surface area contributed by atoms with Gasteiger partial charge in [-0.1, -0.05) is 32.0 Å². The molecule has 19 heavy (non-hydrogen) atoms. The highest BCUT2D eigenvalue weighted by molar-refractivity contribution is 8.00. The number of para-hydroxylation sites is 1. The number of anilines is 1. The first-order valence-corrected chi connectivity index (χ1v) is 8.32. The summed E-state index contributed by atoms with van der Waals surface area (Å²) in [6.07, 6.45) is 1.31. The van der Waals surface area contributed by atoms with E-state index >= 15 is 0 Å². The highest BCUT2D eigenvalue weighted by Crippen LogP contribution is 2.34. The molecule has 104 valence electrons. The third-order valence-corrected chi connectivity index (χ3v) is 5.72. The summed E-state index contributed by atoms with van der Waals surface area (Å²) in [6, 6.07) is 8.78. The van der Waals surface area contributed by atoms with Gasteiger partial charge in [0.1, 0.15) is 0 Å². The number of thioether (sulfide) groups is 1. The molecule has 0 aromatic heterocycles. The van der Waals surface area contributed by atoms with Gasteiger partial charge >= 0.3 is 0 Å². The Labute approximate surface area is 121 Å². The van der Waals surface area contributed by atoms with E-state index in [9.17, 15) is 0 Å². The van der Waals surface area contributed by atoms with E-state index in [0.29, 0.717) is 10.7 Å². The molecule has 1 atom stereocenters. The summed E-state index contributed by atoms with van der Waals surface area (Å²) < 4.78 is 0.459. The number of hydrogen-bond donors (Lipinski definition) is 1. The van der Waals surface area contributed by atoms with Crippen molar-refractivity contribution in [3.8, 4) is 0 Å². The Morgan fingerprint density at radius 3 is 3.05 bits per heavy atom. The van der Waals surface area contributed by atoms with Gasteiger partial charge in [-0.3, -0.25) is 0 Å². The van der Waals surface area contributed by atoms with Gasteiger partial charge in [-0.05, 0) is 24.6 Å². The number of hydrogen-bond acceptors (Lipinski definition) is 3. The van der Waals surface area contributed by atoms with Crippen molar-refractivity contribution in [3.05, 3.63) is 29.8 Å². The molecule has 2 aliphatic rings. The van der Waals surface area contributed by atoms with Crippen LogP contribution in [-0.4, -0.2) is 41.6 Å². The zero-order valence-corrected chi connectivity index (χ0v) is 12.8. The van der Waals surface area contributed by atoms with Gasteiger partial charge in [-0.2, -0.15) is 11.8 Å². The summed E-state index contributed by atoms with van der Waals surface area (Å²) >= 11 is 2.13. The van der Waals surface area contributed by atoms with Crippen molar-refractivity contribution < 1.29 is 0 Å². The van der Waals surface area contributed by atoms with Crippen LogP contribution in [0.25, 0.3) is 0 Å². The van der Waals surface area contributed by atoms with Crippen molar-refractivity contribution in [1.29, 1.82) is 0 Å². The van der Waals surface area contributed by atoms with Gasteiger partial charge in [0.15, 0.2) is 0 Å². The minimum atomic E-state index is 0.459. The van der Waals surface area contributed by atoms with E-state index in [4.69, 9.17) is 0 Å². The summed E-state index contributed by atoms with van der Waals surface area (Å²) in [7, 11) is 0. The lowest BCUT2D eigenvalue weighted by Gasteiger charge is -2.25. The van der Waals surface area contributed by atoms with Crippen molar-refractivity contribution in [3.63, 3.8) is 0 Å².